The number of carbonyl (C=O) groups is 1. The molecule has 0 bridgehead atoms. The minimum atomic E-state index is -0.373. The smallest absolute Gasteiger partial charge is 0.169 e. The predicted molar refractivity (Wildman–Crippen MR) is 62.3 cm³/mol. The molecule has 0 aliphatic heterocycles. The minimum Gasteiger partial charge on any atom is -0.469 e. The minimum absolute atomic E-state index is 0.0734. The molecular weight excluding hydrogens is 204 g/mol. The average Bonchev–Trinajstić information content (AvgIpc) is 2.64. The number of carbonyl (C=O) groups excluding carboxylic acids is 1. The highest BCUT2D eigenvalue weighted by Crippen LogP contribution is 2.24. The van der Waals surface area contributed by atoms with Crippen LogP contribution in [0.1, 0.15) is 33.5 Å². The van der Waals surface area contributed by atoms with Crippen LogP contribution in [0.15, 0.2) is 22.8 Å². The van der Waals surface area contributed by atoms with Crippen LogP contribution < -0.4 is 0 Å². The summed E-state index contributed by atoms with van der Waals surface area (Å²) < 4.78 is 10.7. The van der Waals surface area contributed by atoms with Crippen molar-refractivity contribution < 1.29 is 13.9 Å². The predicted octanol–water partition coefficient (Wildman–Crippen LogP) is 2.84. The molecule has 1 aromatic heterocycles. The molecule has 0 radical (unpaired) electrons. The van der Waals surface area contributed by atoms with E-state index in [4.69, 9.17) is 9.15 Å². The molecule has 1 atom stereocenters. The average molecular weight is 224 g/mol. The molecule has 0 aliphatic rings. The standard InChI is InChI=1S/C13H20O3/c1-5-15-12(13(2,3)4)11(14)9-10-7-6-8-16-10/h6-8,12H,5,9H2,1-4H3. The van der Waals surface area contributed by atoms with Gasteiger partial charge in [0.1, 0.15) is 11.9 Å². The van der Waals surface area contributed by atoms with Crippen LogP contribution in [0, 0.1) is 5.41 Å². The van der Waals surface area contributed by atoms with Gasteiger partial charge in [-0.15, -0.1) is 0 Å². The number of Topliss-reactive ketones (excluding diaryl/α,β-unsaturated/α-hetero) is 1. The topological polar surface area (TPSA) is 39.4 Å². The number of ether oxygens (including phenoxy) is 1. The van der Waals surface area contributed by atoms with Gasteiger partial charge in [-0.1, -0.05) is 20.8 Å². The molecule has 0 saturated carbocycles. The molecule has 3 heteroatoms. The number of hydrogen-bond acceptors (Lipinski definition) is 3. The van der Waals surface area contributed by atoms with Gasteiger partial charge < -0.3 is 9.15 Å². The van der Waals surface area contributed by atoms with E-state index in [1.165, 1.54) is 0 Å². The van der Waals surface area contributed by atoms with Gasteiger partial charge in [0.05, 0.1) is 12.7 Å². The molecule has 0 amide bonds. The number of hydrogen-bond donors (Lipinski definition) is 0. The molecule has 90 valence electrons. The molecule has 0 aromatic carbocycles. The second-order valence-electron chi connectivity index (χ2n) is 4.92. The van der Waals surface area contributed by atoms with Crippen molar-refractivity contribution in [3.8, 4) is 0 Å². The van der Waals surface area contributed by atoms with E-state index in [-0.39, 0.29) is 17.3 Å². The van der Waals surface area contributed by atoms with E-state index in [1.807, 2.05) is 33.8 Å². The summed E-state index contributed by atoms with van der Waals surface area (Å²) in [6, 6.07) is 3.60. The molecule has 0 saturated heterocycles. The Morgan fingerprint density at radius 1 is 1.50 bits per heavy atom. The molecule has 16 heavy (non-hydrogen) atoms. The fourth-order valence-corrected chi connectivity index (χ4v) is 1.67. The van der Waals surface area contributed by atoms with E-state index in [1.54, 1.807) is 12.3 Å². The Morgan fingerprint density at radius 2 is 2.19 bits per heavy atom. The lowest BCUT2D eigenvalue weighted by Gasteiger charge is -2.28. The van der Waals surface area contributed by atoms with Crippen molar-refractivity contribution in [2.75, 3.05) is 6.61 Å². The van der Waals surface area contributed by atoms with E-state index < -0.39 is 0 Å². The van der Waals surface area contributed by atoms with Crippen LogP contribution in [0.2, 0.25) is 0 Å². The number of ketones is 1. The molecule has 1 aromatic rings. The Hall–Kier alpha value is -1.09. The quantitative estimate of drug-likeness (QED) is 0.772. The Bertz CT molecular complexity index is 319. The highest BCUT2D eigenvalue weighted by molar-refractivity contribution is 5.85. The van der Waals surface area contributed by atoms with Crippen molar-refractivity contribution in [2.24, 2.45) is 5.41 Å². The summed E-state index contributed by atoms with van der Waals surface area (Å²) in [6.07, 6.45) is 1.51. The van der Waals surface area contributed by atoms with Gasteiger partial charge in [-0.3, -0.25) is 4.79 Å². The van der Waals surface area contributed by atoms with E-state index >= 15 is 0 Å². The van der Waals surface area contributed by atoms with Crippen molar-refractivity contribution in [3.05, 3.63) is 24.2 Å². The van der Waals surface area contributed by atoms with E-state index in [2.05, 4.69) is 0 Å². The summed E-state index contributed by atoms with van der Waals surface area (Å²) in [7, 11) is 0. The second kappa shape index (κ2) is 5.30. The van der Waals surface area contributed by atoms with Crippen LogP contribution in [0.3, 0.4) is 0 Å². The highest BCUT2D eigenvalue weighted by Gasteiger charge is 2.31. The lowest BCUT2D eigenvalue weighted by atomic mass is 9.85. The third-order valence-corrected chi connectivity index (χ3v) is 2.34. The SMILES string of the molecule is CCOC(C(=O)Cc1ccco1)C(C)(C)C. The third kappa shape index (κ3) is 3.49. The van der Waals surface area contributed by atoms with Crippen LogP contribution in [0.4, 0.5) is 0 Å². The first-order valence-electron chi connectivity index (χ1n) is 5.62. The van der Waals surface area contributed by atoms with Gasteiger partial charge in [0.2, 0.25) is 0 Å². The fraction of sp³-hybridized carbons (Fsp3) is 0.615. The van der Waals surface area contributed by atoms with E-state index in [0.29, 0.717) is 18.8 Å². The first kappa shape index (κ1) is 13.0. The second-order valence-corrected chi connectivity index (χ2v) is 4.92. The van der Waals surface area contributed by atoms with Crippen molar-refractivity contribution in [1.82, 2.24) is 0 Å². The maximum Gasteiger partial charge on any atom is 0.169 e. The molecule has 1 unspecified atom stereocenters. The van der Waals surface area contributed by atoms with Gasteiger partial charge in [-0.05, 0) is 24.5 Å². The number of furan rings is 1. The largest absolute Gasteiger partial charge is 0.469 e. The Kier molecular flexibility index (Phi) is 4.30. The van der Waals surface area contributed by atoms with Crippen LogP contribution in [-0.4, -0.2) is 18.5 Å². The zero-order valence-corrected chi connectivity index (χ0v) is 10.4. The molecule has 0 N–H and O–H groups in total. The van der Waals surface area contributed by atoms with Crippen molar-refractivity contribution >= 4 is 5.78 Å². The molecule has 0 aliphatic carbocycles. The molecule has 1 rings (SSSR count). The summed E-state index contributed by atoms with van der Waals surface area (Å²) in [4.78, 5) is 12.1. The molecule has 0 spiro atoms. The van der Waals surface area contributed by atoms with Gasteiger partial charge in [0, 0.05) is 6.61 Å². The summed E-state index contributed by atoms with van der Waals surface area (Å²) in [5, 5.41) is 0. The Balaban J connectivity index is 2.68. The summed E-state index contributed by atoms with van der Waals surface area (Å²) in [5.74, 6) is 0.767. The van der Waals surface area contributed by atoms with Crippen molar-refractivity contribution in [1.29, 1.82) is 0 Å². The first-order chi connectivity index (χ1) is 7.45. The zero-order chi connectivity index (χ0) is 12.2. The highest BCUT2D eigenvalue weighted by atomic mass is 16.5. The maximum atomic E-state index is 12.1. The van der Waals surface area contributed by atoms with Gasteiger partial charge in [-0.2, -0.15) is 0 Å². The van der Waals surface area contributed by atoms with Crippen LogP contribution in [0.25, 0.3) is 0 Å². The lowest BCUT2D eigenvalue weighted by Crippen LogP contribution is -2.38. The van der Waals surface area contributed by atoms with Crippen molar-refractivity contribution in [2.45, 2.75) is 40.2 Å². The van der Waals surface area contributed by atoms with Crippen LogP contribution >= 0.6 is 0 Å². The first-order valence-corrected chi connectivity index (χ1v) is 5.62. The van der Waals surface area contributed by atoms with Gasteiger partial charge in [-0.25, -0.2) is 0 Å². The van der Waals surface area contributed by atoms with E-state index in [9.17, 15) is 4.79 Å². The van der Waals surface area contributed by atoms with Crippen LogP contribution in [-0.2, 0) is 16.0 Å². The summed E-state index contributed by atoms with van der Waals surface area (Å²) in [5.41, 5.74) is -0.181. The van der Waals surface area contributed by atoms with Gasteiger partial charge >= 0.3 is 0 Å². The zero-order valence-electron chi connectivity index (χ0n) is 10.4. The van der Waals surface area contributed by atoms with Crippen LogP contribution in [0.5, 0.6) is 0 Å². The normalized spacial score (nSPS) is 13.8. The fourth-order valence-electron chi connectivity index (χ4n) is 1.67. The molecule has 1 heterocycles. The molecule has 0 fully saturated rings. The summed E-state index contributed by atoms with van der Waals surface area (Å²) in [6.45, 7) is 8.47. The summed E-state index contributed by atoms with van der Waals surface area (Å²) >= 11 is 0. The van der Waals surface area contributed by atoms with Crippen molar-refractivity contribution in [3.63, 3.8) is 0 Å². The Labute approximate surface area is 96.8 Å². The lowest BCUT2D eigenvalue weighted by molar-refractivity contribution is -0.136. The Morgan fingerprint density at radius 3 is 2.62 bits per heavy atom. The van der Waals surface area contributed by atoms with Gasteiger partial charge in [0.25, 0.3) is 0 Å². The third-order valence-electron chi connectivity index (χ3n) is 2.34. The number of rotatable bonds is 5. The van der Waals surface area contributed by atoms with Gasteiger partial charge in [0.15, 0.2) is 5.78 Å². The monoisotopic (exact) mass is 224 g/mol. The maximum absolute atomic E-state index is 12.1. The molecule has 3 nitrogen and oxygen atoms in total. The molecular formula is C13H20O3. The van der Waals surface area contributed by atoms with E-state index in [0.717, 1.165) is 0 Å².